The fourth-order valence-corrected chi connectivity index (χ4v) is 3.65. The van der Waals surface area contributed by atoms with Crippen LogP contribution in [-0.2, 0) is 20.9 Å². The average Bonchev–Trinajstić information content (AvgIpc) is 2.57. The molecule has 1 fully saturated rings. The number of nitrogens with one attached hydrogen (secondary N) is 1. The molecule has 1 aliphatic rings. The highest BCUT2D eigenvalue weighted by atomic mass is 16.5. The first-order chi connectivity index (χ1) is 11.5. The normalized spacial score (nSPS) is 17.9. The van der Waals surface area contributed by atoms with Gasteiger partial charge < -0.3 is 15.2 Å². The highest BCUT2D eigenvalue weighted by Crippen LogP contribution is 2.42. The number of carboxylic acids is 1. The Balaban J connectivity index is 2.23. The van der Waals surface area contributed by atoms with Gasteiger partial charge >= 0.3 is 5.97 Å². The molecule has 0 bridgehead atoms. The molecule has 0 saturated heterocycles. The summed E-state index contributed by atoms with van der Waals surface area (Å²) in [6.45, 7) is 2.20. The van der Waals surface area contributed by atoms with E-state index in [1.807, 2.05) is 24.3 Å². The number of hydrogen-bond acceptors (Lipinski definition) is 3. The monoisotopic (exact) mass is 333 g/mol. The SMILES string of the molecule is COCc1ccccc1NC(=O)C(C)(CC(=O)O)C1CCCCC1. The van der Waals surface area contributed by atoms with Gasteiger partial charge in [0.25, 0.3) is 0 Å². The van der Waals surface area contributed by atoms with Crippen molar-refractivity contribution < 1.29 is 19.4 Å². The van der Waals surface area contributed by atoms with Gasteiger partial charge in [-0.2, -0.15) is 0 Å². The zero-order chi connectivity index (χ0) is 17.6. The molecule has 1 atom stereocenters. The summed E-state index contributed by atoms with van der Waals surface area (Å²) in [5.41, 5.74) is 0.679. The molecule has 1 unspecified atom stereocenters. The maximum Gasteiger partial charge on any atom is 0.304 e. The second-order valence-electron chi connectivity index (χ2n) is 6.87. The predicted octanol–water partition coefficient (Wildman–Crippen LogP) is 3.83. The van der Waals surface area contributed by atoms with E-state index in [9.17, 15) is 14.7 Å². The van der Waals surface area contributed by atoms with Crippen LogP contribution in [0.25, 0.3) is 0 Å². The zero-order valence-electron chi connectivity index (χ0n) is 14.5. The Labute approximate surface area is 143 Å². The van der Waals surface area contributed by atoms with E-state index in [4.69, 9.17) is 4.74 Å². The van der Waals surface area contributed by atoms with E-state index >= 15 is 0 Å². The lowest BCUT2D eigenvalue weighted by Gasteiger charge is -2.37. The number of carboxylic acid groups (broad SMARTS) is 1. The fraction of sp³-hybridized carbons (Fsp3) is 0.579. The molecule has 2 N–H and O–H groups in total. The number of anilines is 1. The van der Waals surface area contributed by atoms with Crippen LogP contribution in [-0.4, -0.2) is 24.1 Å². The van der Waals surface area contributed by atoms with Crippen molar-refractivity contribution in [2.24, 2.45) is 11.3 Å². The fourth-order valence-electron chi connectivity index (χ4n) is 3.65. The van der Waals surface area contributed by atoms with Gasteiger partial charge in [-0.3, -0.25) is 9.59 Å². The third-order valence-corrected chi connectivity index (χ3v) is 5.11. The molecule has 0 heterocycles. The molecule has 0 aromatic heterocycles. The standard InChI is InChI=1S/C19H27NO4/c1-19(12-17(21)22,15-9-4-3-5-10-15)18(23)20-16-11-7-6-8-14(16)13-24-2/h6-8,11,15H,3-5,9-10,12-13H2,1-2H3,(H,20,23)(H,21,22). The van der Waals surface area contributed by atoms with E-state index in [-0.39, 0.29) is 18.2 Å². The van der Waals surface area contributed by atoms with E-state index in [0.29, 0.717) is 12.3 Å². The molecule has 24 heavy (non-hydrogen) atoms. The van der Waals surface area contributed by atoms with Crippen molar-refractivity contribution >= 4 is 17.6 Å². The predicted molar refractivity (Wildman–Crippen MR) is 92.7 cm³/mol. The van der Waals surface area contributed by atoms with E-state index in [2.05, 4.69) is 5.32 Å². The lowest BCUT2D eigenvalue weighted by Crippen LogP contribution is -2.42. The van der Waals surface area contributed by atoms with Crippen molar-refractivity contribution in [2.75, 3.05) is 12.4 Å². The van der Waals surface area contributed by atoms with E-state index < -0.39 is 11.4 Å². The minimum Gasteiger partial charge on any atom is -0.481 e. The van der Waals surface area contributed by atoms with Gasteiger partial charge in [0.2, 0.25) is 5.91 Å². The summed E-state index contributed by atoms with van der Waals surface area (Å²) < 4.78 is 5.17. The van der Waals surface area contributed by atoms with Crippen molar-refractivity contribution in [1.82, 2.24) is 0 Å². The Morgan fingerprint density at radius 3 is 2.54 bits per heavy atom. The number of para-hydroxylation sites is 1. The number of rotatable bonds is 7. The third-order valence-electron chi connectivity index (χ3n) is 5.11. The Bertz CT molecular complexity index is 580. The summed E-state index contributed by atoms with van der Waals surface area (Å²) in [5.74, 6) is -1.03. The Morgan fingerprint density at radius 1 is 1.25 bits per heavy atom. The number of hydrogen-bond donors (Lipinski definition) is 2. The number of carbonyl (C=O) groups is 2. The largest absolute Gasteiger partial charge is 0.481 e. The number of benzene rings is 1. The van der Waals surface area contributed by atoms with Crippen molar-refractivity contribution in [3.63, 3.8) is 0 Å². The molecule has 0 aliphatic heterocycles. The molecule has 5 heteroatoms. The Hall–Kier alpha value is -1.88. The number of amides is 1. The molecular weight excluding hydrogens is 306 g/mol. The summed E-state index contributed by atoms with van der Waals surface area (Å²) in [4.78, 5) is 24.4. The van der Waals surface area contributed by atoms with Crippen molar-refractivity contribution in [3.05, 3.63) is 29.8 Å². The van der Waals surface area contributed by atoms with Crippen LogP contribution in [0.1, 0.15) is 51.0 Å². The van der Waals surface area contributed by atoms with Crippen LogP contribution >= 0.6 is 0 Å². The highest BCUT2D eigenvalue weighted by Gasteiger charge is 2.43. The van der Waals surface area contributed by atoms with Crippen molar-refractivity contribution in [3.8, 4) is 0 Å². The van der Waals surface area contributed by atoms with E-state index in [1.165, 1.54) is 0 Å². The number of methoxy groups -OCH3 is 1. The molecular formula is C19H27NO4. The average molecular weight is 333 g/mol. The maximum absolute atomic E-state index is 13.0. The Morgan fingerprint density at radius 2 is 1.92 bits per heavy atom. The lowest BCUT2D eigenvalue weighted by molar-refractivity contribution is -0.145. The molecule has 1 aromatic rings. The molecule has 0 radical (unpaired) electrons. The topological polar surface area (TPSA) is 75.6 Å². The summed E-state index contributed by atoms with van der Waals surface area (Å²) in [6, 6.07) is 7.47. The van der Waals surface area contributed by atoms with Gasteiger partial charge in [-0.25, -0.2) is 0 Å². The zero-order valence-corrected chi connectivity index (χ0v) is 14.5. The second-order valence-corrected chi connectivity index (χ2v) is 6.87. The maximum atomic E-state index is 13.0. The summed E-state index contributed by atoms with van der Waals surface area (Å²) in [6.07, 6.45) is 4.97. The summed E-state index contributed by atoms with van der Waals surface area (Å²) in [7, 11) is 1.61. The molecule has 132 valence electrons. The van der Waals surface area contributed by atoms with Gasteiger partial charge in [-0.1, -0.05) is 37.5 Å². The van der Waals surface area contributed by atoms with E-state index in [0.717, 1.165) is 37.7 Å². The molecule has 1 amide bonds. The molecule has 5 nitrogen and oxygen atoms in total. The minimum absolute atomic E-state index is 0.108. The van der Waals surface area contributed by atoms with Crippen LogP contribution in [0.2, 0.25) is 0 Å². The second kappa shape index (κ2) is 8.29. The highest BCUT2D eigenvalue weighted by molar-refractivity contribution is 5.97. The molecule has 2 rings (SSSR count). The van der Waals surface area contributed by atoms with Gasteiger partial charge in [-0.05, 0) is 31.7 Å². The Kier molecular flexibility index (Phi) is 6.37. The van der Waals surface area contributed by atoms with Crippen LogP contribution in [0.15, 0.2) is 24.3 Å². The quantitative estimate of drug-likeness (QED) is 0.795. The molecule has 1 saturated carbocycles. The molecule has 0 spiro atoms. The van der Waals surface area contributed by atoms with Gasteiger partial charge in [0, 0.05) is 18.4 Å². The number of ether oxygens (including phenoxy) is 1. The van der Waals surface area contributed by atoms with Gasteiger partial charge in [0.1, 0.15) is 0 Å². The minimum atomic E-state index is -0.927. The van der Waals surface area contributed by atoms with E-state index in [1.54, 1.807) is 14.0 Å². The van der Waals surface area contributed by atoms with Crippen LogP contribution in [0, 0.1) is 11.3 Å². The van der Waals surface area contributed by atoms with Crippen LogP contribution in [0.4, 0.5) is 5.69 Å². The van der Waals surface area contributed by atoms with Gasteiger partial charge in [0.15, 0.2) is 0 Å². The summed E-state index contributed by atoms with van der Waals surface area (Å²) >= 11 is 0. The lowest BCUT2D eigenvalue weighted by atomic mass is 9.67. The third kappa shape index (κ3) is 4.35. The smallest absolute Gasteiger partial charge is 0.304 e. The molecule has 1 aliphatic carbocycles. The van der Waals surface area contributed by atoms with Crippen LogP contribution < -0.4 is 5.32 Å². The summed E-state index contributed by atoms with van der Waals surface area (Å²) in [5, 5.41) is 12.3. The number of aliphatic carboxylic acids is 1. The van der Waals surface area contributed by atoms with Crippen LogP contribution in [0.5, 0.6) is 0 Å². The first-order valence-corrected chi connectivity index (χ1v) is 8.57. The van der Waals surface area contributed by atoms with Gasteiger partial charge in [0.05, 0.1) is 18.4 Å². The van der Waals surface area contributed by atoms with Crippen molar-refractivity contribution in [2.45, 2.75) is 52.1 Å². The van der Waals surface area contributed by atoms with Gasteiger partial charge in [-0.15, -0.1) is 0 Å². The van der Waals surface area contributed by atoms with Crippen molar-refractivity contribution in [1.29, 1.82) is 0 Å². The van der Waals surface area contributed by atoms with Crippen LogP contribution in [0.3, 0.4) is 0 Å². The molecule has 1 aromatic carbocycles. The first kappa shape index (κ1) is 18.5. The number of carbonyl (C=O) groups excluding carboxylic acids is 1. The first-order valence-electron chi connectivity index (χ1n) is 8.57.